The number of ether oxygens (including phenoxy) is 2. The Labute approximate surface area is 149 Å². The monoisotopic (exact) mass is 342 g/mol. The minimum Gasteiger partial charge on any atom is -0.466 e. The molecule has 0 aliphatic carbocycles. The van der Waals surface area contributed by atoms with Crippen LogP contribution in [0.4, 0.5) is 0 Å². The van der Waals surface area contributed by atoms with Crippen LogP contribution in [0.3, 0.4) is 0 Å². The average Bonchev–Trinajstić information content (AvgIpc) is 2.61. The van der Waals surface area contributed by atoms with E-state index in [1.54, 1.807) is 13.1 Å². The Hall–Kier alpha value is -2.40. The molecule has 0 unspecified atom stereocenters. The normalized spacial score (nSPS) is 10.7. The van der Waals surface area contributed by atoms with Gasteiger partial charge in [0.05, 0.1) is 13.0 Å². The van der Waals surface area contributed by atoms with Gasteiger partial charge in [0.15, 0.2) is 0 Å². The summed E-state index contributed by atoms with van der Waals surface area (Å²) >= 11 is 0. The van der Waals surface area contributed by atoms with E-state index >= 15 is 0 Å². The van der Waals surface area contributed by atoms with Crippen LogP contribution in [-0.4, -0.2) is 24.1 Å². The predicted molar refractivity (Wildman–Crippen MR) is 97.8 cm³/mol. The lowest BCUT2D eigenvalue weighted by Gasteiger charge is -2.09. The molecule has 0 bridgehead atoms. The molecule has 0 saturated heterocycles. The minimum atomic E-state index is -0.180. The van der Waals surface area contributed by atoms with Crippen LogP contribution in [0.25, 0.3) is 0 Å². The molecule has 5 nitrogen and oxygen atoms in total. The van der Waals surface area contributed by atoms with Crippen molar-refractivity contribution in [3.8, 4) is 11.6 Å². The molecule has 0 aliphatic rings. The van der Waals surface area contributed by atoms with E-state index < -0.39 is 0 Å². The lowest BCUT2D eigenvalue weighted by Crippen LogP contribution is -2.19. The first-order chi connectivity index (χ1) is 12.1. The van der Waals surface area contributed by atoms with E-state index in [1.165, 1.54) is 5.56 Å². The van der Waals surface area contributed by atoms with E-state index in [-0.39, 0.29) is 5.97 Å². The van der Waals surface area contributed by atoms with E-state index in [1.807, 2.05) is 24.3 Å². The molecule has 1 aromatic carbocycles. The van der Waals surface area contributed by atoms with Crippen LogP contribution >= 0.6 is 0 Å². The molecule has 2 aromatic rings. The maximum atomic E-state index is 11.2. The molecule has 0 aliphatic heterocycles. The molecule has 2 rings (SSSR count). The van der Waals surface area contributed by atoms with Crippen LogP contribution in [0.5, 0.6) is 11.6 Å². The highest BCUT2D eigenvalue weighted by atomic mass is 16.5. The second-order valence-electron chi connectivity index (χ2n) is 6.06. The second-order valence-corrected chi connectivity index (χ2v) is 6.06. The van der Waals surface area contributed by atoms with Gasteiger partial charge in [-0.05, 0) is 36.1 Å². The first-order valence-electron chi connectivity index (χ1n) is 8.67. The van der Waals surface area contributed by atoms with Crippen LogP contribution in [-0.2, 0) is 16.1 Å². The summed E-state index contributed by atoms with van der Waals surface area (Å²) in [7, 11) is 0. The van der Waals surface area contributed by atoms with Gasteiger partial charge in [-0.15, -0.1) is 0 Å². The molecule has 1 N–H and O–H groups in total. The Morgan fingerprint density at radius 3 is 2.52 bits per heavy atom. The van der Waals surface area contributed by atoms with Crippen molar-refractivity contribution < 1.29 is 14.3 Å². The average molecular weight is 342 g/mol. The van der Waals surface area contributed by atoms with Gasteiger partial charge in [-0.25, -0.2) is 4.98 Å². The number of nitrogens with zero attached hydrogens (tertiary/aromatic N) is 1. The molecule has 25 heavy (non-hydrogen) atoms. The maximum absolute atomic E-state index is 11.2. The van der Waals surface area contributed by atoms with Gasteiger partial charge >= 0.3 is 5.97 Å². The van der Waals surface area contributed by atoms with Gasteiger partial charge in [-0.1, -0.05) is 32.0 Å². The Morgan fingerprint density at radius 2 is 1.92 bits per heavy atom. The SMILES string of the molecule is CCOC(=O)CCNCc1ccc(Oc2ccc(C(C)C)cc2)nc1. The summed E-state index contributed by atoms with van der Waals surface area (Å²) in [6, 6.07) is 11.9. The van der Waals surface area contributed by atoms with E-state index in [0.717, 1.165) is 11.3 Å². The maximum Gasteiger partial charge on any atom is 0.307 e. The van der Waals surface area contributed by atoms with Gasteiger partial charge < -0.3 is 14.8 Å². The van der Waals surface area contributed by atoms with Crippen molar-refractivity contribution in [1.82, 2.24) is 10.3 Å². The number of carbonyl (C=O) groups is 1. The van der Waals surface area contributed by atoms with Crippen molar-refractivity contribution in [2.75, 3.05) is 13.2 Å². The zero-order chi connectivity index (χ0) is 18.1. The number of hydrogen-bond acceptors (Lipinski definition) is 5. The van der Waals surface area contributed by atoms with Crippen LogP contribution < -0.4 is 10.1 Å². The molecule has 0 fully saturated rings. The zero-order valence-corrected chi connectivity index (χ0v) is 15.1. The largest absolute Gasteiger partial charge is 0.466 e. The van der Waals surface area contributed by atoms with E-state index in [2.05, 4.69) is 36.3 Å². The smallest absolute Gasteiger partial charge is 0.307 e. The van der Waals surface area contributed by atoms with Gasteiger partial charge in [0.1, 0.15) is 5.75 Å². The van der Waals surface area contributed by atoms with E-state index in [4.69, 9.17) is 9.47 Å². The first kappa shape index (κ1) is 18.9. The Kier molecular flexibility index (Phi) is 7.41. The molecule has 0 saturated carbocycles. The Morgan fingerprint density at radius 1 is 1.16 bits per heavy atom. The molecule has 0 radical (unpaired) electrons. The number of carbonyl (C=O) groups excluding carboxylic acids is 1. The Balaban J connectivity index is 1.78. The molecule has 0 amide bonds. The van der Waals surface area contributed by atoms with Gasteiger partial charge in [0.2, 0.25) is 5.88 Å². The number of rotatable bonds is 9. The number of benzene rings is 1. The number of hydrogen-bond donors (Lipinski definition) is 1. The molecule has 134 valence electrons. The quantitative estimate of drug-likeness (QED) is 0.550. The van der Waals surface area contributed by atoms with Crippen molar-refractivity contribution in [2.24, 2.45) is 0 Å². The molecular formula is C20H26N2O3. The fourth-order valence-corrected chi connectivity index (χ4v) is 2.27. The van der Waals surface area contributed by atoms with Crippen molar-refractivity contribution in [3.05, 3.63) is 53.7 Å². The first-order valence-corrected chi connectivity index (χ1v) is 8.67. The molecule has 0 spiro atoms. The predicted octanol–water partition coefficient (Wildman–Crippen LogP) is 4.04. The molecular weight excluding hydrogens is 316 g/mol. The highest BCUT2D eigenvalue weighted by Gasteiger charge is 2.03. The number of nitrogens with one attached hydrogen (secondary N) is 1. The van der Waals surface area contributed by atoms with Crippen LogP contribution in [0, 0.1) is 0 Å². The van der Waals surface area contributed by atoms with Crippen LogP contribution in [0.1, 0.15) is 44.2 Å². The summed E-state index contributed by atoms with van der Waals surface area (Å²) in [6.45, 7) is 7.78. The fourth-order valence-electron chi connectivity index (χ4n) is 2.27. The highest BCUT2D eigenvalue weighted by molar-refractivity contribution is 5.69. The number of pyridine rings is 1. The Bertz CT molecular complexity index is 652. The van der Waals surface area contributed by atoms with Gasteiger partial charge in [0, 0.05) is 25.4 Å². The third-order valence-electron chi connectivity index (χ3n) is 3.71. The summed E-state index contributed by atoms with van der Waals surface area (Å²) in [4.78, 5) is 15.6. The number of aromatic nitrogens is 1. The number of esters is 1. The van der Waals surface area contributed by atoms with Crippen molar-refractivity contribution in [3.63, 3.8) is 0 Å². The van der Waals surface area contributed by atoms with Crippen molar-refractivity contribution in [1.29, 1.82) is 0 Å². The lowest BCUT2D eigenvalue weighted by molar-refractivity contribution is -0.142. The van der Waals surface area contributed by atoms with Gasteiger partial charge in [-0.2, -0.15) is 0 Å². The van der Waals surface area contributed by atoms with E-state index in [9.17, 15) is 4.79 Å². The van der Waals surface area contributed by atoms with E-state index in [0.29, 0.717) is 37.9 Å². The summed E-state index contributed by atoms with van der Waals surface area (Å²) < 4.78 is 10.6. The topological polar surface area (TPSA) is 60.5 Å². The summed E-state index contributed by atoms with van der Waals surface area (Å²) in [5, 5.41) is 3.20. The van der Waals surface area contributed by atoms with Crippen LogP contribution in [0.15, 0.2) is 42.6 Å². The third kappa shape index (κ3) is 6.55. The van der Waals surface area contributed by atoms with Gasteiger partial charge in [-0.3, -0.25) is 4.79 Å². The van der Waals surface area contributed by atoms with Crippen molar-refractivity contribution >= 4 is 5.97 Å². The van der Waals surface area contributed by atoms with Gasteiger partial charge in [0.25, 0.3) is 0 Å². The zero-order valence-electron chi connectivity index (χ0n) is 15.1. The summed E-state index contributed by atoms with van der Waals surface area (Å²) in [5.74, 6) is 1.66. The standard InChI is InChI=1S/C20H26N2O3/c1-4-24-20(23)11-12-21-13-16-5-10-19(22-14-16)25-18-8-6-17(7-9-18)15(2)3/h5-10,14-15,21H,4,11-13H2,1-3H3. The minimum absolute atomic E-state index is 0.180. The lowest BCUT2D eigenvalue weighted by atomic mass is 10.0. The third-order valence-corrected chi connectivity index (χ3v) is 3.71. The molecule has 1 heterocycles. The molecule has 1 aromatic heterocycles. The fraction of sp³-hybridized carbons (Fsp3) is 0.400. The highest BCUT2D eigenvalue weighted by Crippen LogP contribution is 2.22. The molecule has 5 heteroatoms. The van der Waals surface area contributed by atoms with Crippen LogP contribution in [0.2, 0.25) is 0 Å². The summed E-state index contributed by atoms with van der Waals surface area (Å²) in [6.07, 6.45) is 2.14. The second kappa shape index (κ2) is 9.79. The summed E-state index contributed by atoms with van der Waals surface area (Å²) in [5.41, 5.74) is 2.32. The van der Waals surface area contributed by atoms with Crippen molar-refractivity contribution in [2.45, 2.75) is 39.7 Å². The molecule has 0 atom stereocenters.